The monoisotopic (exact) mass is 1560 g/mol. The van der Waals surface area contributed by atoms with Gasteiger partial charge in [0, 0.05) is 20.3 Å². The van der Waals surface area contributed by atoms with Crippen LogP contribution in [0, 0.1) is 5.41 Å². The van der Waals surface area contributed by atoms with Crippen LogP contribution in [-0.2, 0) is 96.5 Å². The van der Waals surface area contributed by atoms with Crippen LogP contribution in [0.2, 0.25) is 0 Å². The van der Waals surface area contributed by atoms with E-state index in [2.05, 4.69) is 5.32 Å². The van der Waals surface area contributed by atoms with Gasteiger partial charge in [-0.05, 0) is 24.1 Å². The average Bonchev–Trinajstić information content (AvgIpc) is 1.78. The number of hydrogen-bond donors (Lipinski definition) is 24. The largest absolute Gasteiger partial charge is 0.462 e. The van der Waals surface area contributed by atoms with Crippen LogP contribution in [0.3, 0.4) is 0 Å². The van der Waals surface area contributed by atoms with E-state index in [9.17, 15) is 127 Å². The van der Waals surface area contributed by atoms with E-state index in [0.29, 0.717) is 12.0 Å². The zero-order chi connectivity index (χ0) is 78.1. The molecule has 44 nitrogen and oxygen atoms in total. The number of carbonyl (C=O) groups excluding carboxylic acids is 2. The number of ketones is 1. The summed E-state index contributed by atoms with van der Waals surface area (Å²) in [7, 11) is 2.27. The smallest absolute Gasteiger partial charge is 0.288 e. The van der Waals surface area contributed by atoms with Crippen molar-refractivity contribution in [3.05, 3.63) is 29.8 Å². The van der Waals surface area contributed by atoms with E-state index in [1.165, 1.54) is 19.2 Å². The number of hydrogen-bond acceptors (Lipinski definition) is 43. The number of methoxy groups -OCH3 is 2. The number of carbonyl (C=O) groups is 2. The molecular formula is C63H99NO43. The molecule has 0 aliphatic carbocycles. The molecule has 41 atom stereocenters. The molecular weight excluding hydrogens is 1460 g/mol. The van der Waals surface area contributed by atoms with Crippen molar-refractivity contribution in [2.45, 2.75) is 272 Å². The summed E-state index contributed by atoms with van der Waals surface area (Å²) in [6.45, 7) is -4.52. The molecule has 9 aliphatic rings. The molecule has 10 rings (SSSR count). The van der Waals surface area contributed by atoms with E-state index >= 15 is 0 Å². The number of aliphatic hydroxyl groups is 23. The van der Waals surface area contributed by atoms with E-state index in [0.717, 1.165) is 7.11 Å². The lowest BCUT2D eigenvalue weighted by Crippen LogP contribution is -2.68. The number of aliphatic hydroxyl groups excluding tert-OH is 23. The molecule has 0 spiro atoms. The fraction of sp³-hybridized carbons (Fsp3) is 0.873. The molecule has 24 N–H and O–H groups in total. The molecule has 9 heterocycles. The van der Waals surface area contributed by atoms with E-state index < -0.39 is 322 Å². The lowest BCUT2D eigenvalue weighted by Gasteiger charge is -2.50. The lowest BCUT2D eigenvalue weighted by molar-refractivity contribution is -0.399. The number of amides is 1. The number of rotatable bonds is 28. The summed E-state index contributed by atoms with van der Waals surface area (Å²) in [5.41, 5.74) is -0.242. The SMILES string of the molecule is COC1C(CO)OC(OC2C(CO)OC(OC3C(CO)OC(OC4C(CO)OC(OC5C(CO)OC(OC6C(CO)OC(OC7C(CO)OC(OC8C(CO)OC(Oc9ccc(CC%10NC(=O)C(=O)C%10(C)C)cc9)C(O)C8O)C(OC)C7O)C(O)C6O)C(O)C5O)C(O)C4O)C(O)C3O)C(O)C2O)C(O)C1O. The molecule has 41 unspecified atom stereocenters. The van der Waals surface area contributed by atoms with Crippen molar-refractivity contribution in [3.63, 3.8) is 0 Å². The van der Waals surface area contributed by atoms with Crippen LogP contribution < -0.4 is 10.1 Å². The molecule has 9 fully saturated rings. The van der Waals surface area contributed by atoms with Crippen LogP contribution in [0.25, 0.3) is 0 Å². The van der Waals surface area contributed by atoms with Gasteiger partial charge in [-0.1, -0.05) is 26.0 Å². The van der Waals surface area contributed by atoms with Gasteiger partial charge in [0.1, 0.15) is 201 Å². The number of ether oxygens (including phenoxy) is 18. The third-order valence-corrected chi connectivity index (χ3v) is 20.7. The van der Waals surface area contributed by atoms with Crippen LogP contribution in [0.5, 0.6) is 5.75 Å². The molecule has 1 aromatic carbocycles. The van der Waals surface area contributed by atoms with Crippen LogP contribution in [0.1, 0.15) is 19.4 Å². The molecule has 44 heteroatoms. The van der Waals surface area contributed by atoms with Gasteiger partial charge in [0.2, 0.25) is 12.1 Å². The highest BCUT2D eigenvalue weighted by atomic mass is 16.8. The zero-order valence-electron chi connectivity index (χ0n) is 57.8. The second-order valence-electron chi connectivity index (χ2n) is 27.8. The maximum absolute atomic E-state index is 12.3. The Labute approximate surface area is 607 Å². The Morgan fingerprint density at radius 2 is 0.551 bits per heavy atom. The summed E-state index contributed by atoms with van der Waals surface area (Å²) in [5, 5.41) is 255. The molecule has 0 saturated carbocycles. The minimum atomic E-state index is -2.27. The molecule has 0 radical (unpaired) electrons. The normalized spacial score (nSPS) is 48.4. The number of benzene rings is 1. The van der Waals surface area contributed by atoms with Gasteiger partial charge >= 0.3 is 0 Å². The first-order valence-electron chi connectivity index (χ1n) is 34.5. The van der Waals surface area contributed by atoms with Crippen molar-refractivity contribution in [2.24, 2.45) is 5.41 Å². The highest BCUT2D eigenvalue weighted by molar-refractivity contribution is 6.40. The minimum Gasteiger partial charge on any atom is -0.462 e. The standard InChI is InChI=1S/C63H99NO43/c1-63(2)28(64-54(89)53(63)88)9-18-5-7-19(8-6-18)92-55-37(81)30(74)50(26(16-71)94-55)107-62-52(91-4)43(87)51(27(17-72)100-62)106-61-42(86)35(79)49(25(15-70)99-61)105-60-41(85)34(78)48(24(14-69)98-60)104-59-40(84)33(77)47(23(13-68)97-59)103-58-39(83)32(76)46(22(12-67)96-58)102-57-38(82)31(75)45(21(11-66)95-57)101-56-36(80)29(73)44(90-3)20(10-65)93-56/h5-8,20-52,55-62,65-87H,9-17H2,1-4H3,(H,64,89). The second-order valence-corrected chi connectivity index (χ2v) is 27.8. The maximum atomic E-state index is 12.3. The van der Waals surface area contributed by atoms with Gasteiger partial charge in [0.25, 0.3) is 5.91 Å². The fourth-order valence-corrected chi connectivity index (χ4v) is 14.3. The van der Waals surface area contributed by atoms with Crippen molar-refractivity contribution >= 4 is 11.7 Å². The highest BCUT2D eigenvalue weighted by Gasteiger charge is 2.60. The molecule has 9 aliphatic heterocycles. The summed E-state index contributed by atoms with van der Waals surface area (Å²) < 4.78 is 103. The Morgan fingerprint density at radius 1 is 0.318 bits per heavy atom. The molecule has 9 saturated heterocycles. The Balaban J connectivity index is 0.709. The first kappa shape index (κ1) is 86.0. The van der Waals surface area contributed by atoms with Crippen molar-refractivity contribution in [1.29, 1.82) is 0 Å². The quantitative estimate of drug-likeness (QED) is 0.0346. The molecule has 0 bridgehead atoms. The van der Waals surface area contributed by atoms with Gasteiger partial charge in [0.05, 0.1) is 58.3 Å². The average molecular weight is 1560 g/mol. The van der Waals surface area contributed by atoms with Crippen molar-refractivity contribution in [2.75, 3.05) is 67.1 Å². The van der Waals surface area contributed by atoms with Gasteiger partial charge in [-0.3, -0.25) is 9.59 Å². The van der Waals surface area contributed by atoms with Gasteiger partial charge in [-0.25, -0.2) is 0 Å². The van der Waals surface area contributed by atoms with E-state index in [1.807, 2.05) is 0 Å². The minimum absolute atomic E-state index is 0.145. The molecule has 0 aromatic heterocycles. The predicted octanol–water partition coefficient (Wildman–Crippen LogP) is -15.4. The summed E-state index contributed by atoms with van der Waals surface area (Å²) in [4.78, 5) is 24.4. The number of Topliss-reactive ketones (excluding diaryl/α,β-unsaturated/α-hetero) is 1. The maximum Gasteiger partial charge on any atom is 0.288 e. The molecule has 1 aromatic rings. The zero-order valence-corrected chi connectivity index (χ0v) is 57.8. The van der Waals surface area contributed by atoms with Crippen molar-refractivity contribution in [3.8, 4) is 5.75 Å². The highest BCUT2D eigenvalue weighted by Crippen LogP contribution is 2.40. The lowest BCUT2D eigenvalue weighted by atomic mass is 9.81. The fourth-order valence-electron chi connectivity index (χ4n) is 14.3. The van der Waals surface area contributed by atoms with Gasteiger partial charge in [0.15, 0.2) is 44.0 Å². The Hall–Kier alpha value is -3.44. The van der Waals surface area contributed by atoms with Crippen molar-refractivity contribution in [1.82, 2.24) is 5.32 Å². The summed E-state index contributed by atoms with van der Waals surface area (Å²) in [5.74, 6) is -1.08. The third-order valence-electron chi connectivity index (χ3n) is 20.7. The van der Waals surface area contributed by atoms with Crippen LogP contribution in [0.15, 0.2) is 24.3 Å². The summed E-state index contributed by atoms with van der Waals surface area (Å²) in [6, 6.07) is 5.83. The second kappa shape index (κ2) is 36.8. The van der Waals surface area contributed by atoms with E-state index in [4.69, 9.17) is 85.3 Å². The summed E-state index contributed by atoms with van der Waals surface area (Å²) >= 11 is 0. The van der Waals surface area contributed by atoms with Gasteiger partial charge < -0.3 is 208 Å². The predicted molar refractivity (Wildman–Crippen MR) is 333 cm³/mol. The molecule has 614 valence electrons. The topological polar surface area (TPSA) is 678 Å². The van der Waals surface area contributed by atoms with E-state index in [-0.39, 0.29) is 5.75 Å². The van der Waals surface area contributed by atoms with Crippen LogP contribution >= 0.6 is 0 Å². The van der Waals surface area contributed by atoms with E-state index in [1.54, 1.807) is 26.0 Å². The first-order valence-corrected chi connectivity index (χ1v) is 34.5. The molecule has 107 heavy (non-hydrogen) atoms. The Morgan fingerprint density at radius 3 is 0.813 bits per heavy atom. The van der Waals surface area contributed by atoms with Crippen molar-refractivity contribution < 1.29 is 212 Å². The van der Waals surface area contributed by atoms with Gasteiger partial charge in [-0.2, -0.15) is 0 Å². The van der Waals surface area contributed by atoms with Gasteiger partial charge in [-0.15, -0.1) is 0 Å². The third kappa shape index (κ3) is 17.6. The Kier molecular flexibility index (Phi) is 29.6. The first-order chi connectivity index (χ1) is 50.9. The van der Waals surface area contributed by atoms with Crippen LogP contribution in [0.4, 0.5) is 0 Å². The molecule has 1 amide bonds. The van der Waals surface area contributed by atoms with Crippen LogP contribution in [-0.4, -0.2) is 448 Å². The summed E-state index contributed by atoms with van der Waals surface area (Å²) in [6.07, 6.45) is -75.2. The Bertz CT molecular complexity index is 2940. The number of nitrogens with one attached hydrogen (secondary N) is 1.